The molecular weight excluding hydrogens is 301 g/mol. The second-order valence-corrected chi connectivity index (χ2v) is 5.65. The molecule has 0 atom stereocenters. The summed E-state index contributed by atoms with van der Waals surface area (Å²) < 4.78 is 2.14. The molecule has 1 nitrogen and oxygen atoms in total. The molecule has 0 radical (unpaired) electrons. The van der Waals surface area contributed by atoms with Crippen LogP contribution in [0.2, 0.25) is 15.1 Å². The topological polar surface area (TPSA) is 4.93 Å². The van der Waals surface area contributed by atoms with Crippen molar-refractivity contribution in [1.29, 1.82) is 0 Å². The molecule has 0 saturated heterocycles. The highest BCUT2D eigenvalue weighted by molar-refractivity contribution is 6.42. The minimum absolute atomic E-state index is 0.575. The lowest BCUT2D eigenvalue weighted by Crippen LogP contribution is -1.97. The van der Waals surface area contributed by atoms with E-state index in [0.29, 0.717) is 10.0 Å². The molecule has 3 aromatic rings. The number of hydrogen-bond donors (Lipinski definition) is 0. The molecule has 0 saturated carbocycles. The Kier molecular flexibility index (Phi) is 3.44. The van der Waals surface area contributed by atoms with E-state index < -0.39 is 0 Å². The zero-order chi connectivity index (χ0) is 13.4. The fraction of sp³-hybridized carbons (Fsp3) is 0.0667. The van der Waals surface area contributed by atoms with Gasteiger partial charge in [-0.2, -0.15) is 0 Å². The monoisotopic (exact) mass is 309 g/mol. The standard InChI is InChI=1S/C15H10Cl3N/c16-12-3-2-11-5-6-19(15(11)8-12)9-10-1-4-13(17)14(18)7-10/h1-8H,9H2. The van der Waals surface area contributed by atoms with Crippen LogP contribution >= 0.6 is 34.8 Å². The highest BCUT2D eigenvalue weighted by atomic mass is 35.5. The maximum Gasteiger partial charge on any atom is 0.0595 e. The number of halogens is 3. The van der Waals surface area contributed by atoms with Crippen LogP contribution in [0.25, 0.3) is 10.9 Å². The fourth-order valence-electron chi connectivity index (χ4n) is 2.13. The van der Waals surface area contributed by atoms with E-state index in [1.807, 2.05) is 42.6 Å². The molecule has 0 amide bonds. The molecule has 19 heavy (non-hydrogen) atoms. The van der Waals surface area contributed by atoms with Crippen molar-refractivity contribution in [2.45, 2.75) is 6.54 Å². The molecule has 96 valence electrons. The molecule has 3 rings (SSSR count). The third-order valence-electron chi connectivity index (χ3n) is 3.07. The summed E-state index contributed by atoms with van der Waals surface area (Å²) in [7, 11) is 0. The van der Waals surface area contributed by atoms with Crippen LogP contribution in [0.5, 0.6) is 0 Å². The lowest BCUT2D eigenvalue weighted by molar-refractivity contribution is 0.837. The minimum Gasteiger partial charge on any atom is -0.343 e. The molecule has 0 bridgehead atoms. The van der Waals surface area contributed by atoms with Crippen molar-refractivity contribution in [2.75, 3.05) is 0 Å². The van der Waals surface area contributed by atoms with Crippen LogP contribution < -0.4 is 0 Å². The molecule has 4 heteroatoms. The van der Waals surface area contributed by atoms with Gasteiger partial charge in [0.05, 0.1) is 10.0 Å². The van der Waals surface area contributed by atoms with E-state index in [1.54, 1.807) is 0 Å². The van der Waals surface area contributed by atoms with Crippen molar-refractivity contribution < 1.29 is 0 Å². The SMILES string of the molecule is Clc1ccc2ccn(Cc3ccc(Cl)c(Cl)c3)c2c1. The molecule has 0 spiro atoms. The molecule has 0 aliphatic heterocycles. The first-order chi connectivity index (χ1) is 9.13. The Bertz CT molecular complexity index is 746. The van der Waals surface area contributed by atoms with Gasteiger partial charge in [-0.25, -0.2) is 0 Å². The average molecular weight is 311 g/mol. The maximum atomic E-state index is 6.04. The first kappa shape index (κ1) is 12.9. The van der Waals surface area contributed by atoms with Gasteiger partial charge in [0.25, 0.3) is 0 Å². The van der Waals surface area contributed by atoms with E-state index in [9.17, 15) is 0 Å². The maximum absolute atomic E-state index is 6.04. The fourth-order valence-corrected chi connectivity index (χ4v) is 2.62. The van der Waals surface area contributed by atoms with Gasteiger partial charge in [0.2, 0.25) is 0 Å². The van der Waals surface area contributed by atoms with Crippen LogP contribution in [0.1, 0.15) is 5.56 Å². The van der Waals surface area contributed by atoms with E-state index in [-0.39, 0.29) is 0 Å². The minimum atomic E-state index is 0.575. The molecule has 1 heterocycles. The lowest BCUT2D eigenvalue weighted by Gasteiger charge is -2.07. The first-order valence-electron chi connectivity index (χ1n) is 5.82. The van der Waals surface area contributed by atoms with E-state index in [2.05, 4.69) is 10.6 Å². The Morgan fingerprint density at radius 1 is 0.842 bits per heavy atom. The van der Waals surface area contributed by atoms with E-state index in [0.717, 1.165) is 22.6 Å². The normalized spacial score (nSPS) is 11.1. The van der Waals surface area contributed by atoms with Crippen molar-refractivity contribution in [2.24, 2.45) is 0 Å². The van der Waals surface area contributed by atoms with Crippen LogP contribution in [0.3, 0.4) is 0 Å². The molecule has 0 aliphatic carbocycles. The molecule has 0 N–H and O–H groups in total. The van der Waals surface area contributed by atoms with Gasteiger partial charge in [0.15, 0.2) is 0 Å². The molecule has 0 fully saturated rings. The first-order valence-corrected chi connectivity index (χ1v) is 6.95. The lowest BCUT2D eigenvalue weighted by atomic mass is 10.2. The van der Waals surface area contributed by atoms with Crippen LogP contribution in [-0.4, -0.2) is 4.57 Å². The van der Waals surface area contributed by atoms with E-state index in [4.69, 9.17) is 34.8 Å². The van der Waals surface area contributed by atoms with Gasteiger partial charge < -0.3 is 4.57 Å². The second-order valence-electron chi connectivity index (χ2n) is 4.40. The number of aromatic nitrogens is 1. The van der Waals surface area contributed by atoms with Gasteiger partial charge in [-0.15, -0.1) is 0 Å². The number of rotatable bonds is 2. The number of benzene rings is 2. The van der Waals surface area contributed by atoms with Crippen LogP contribution in [0.15, 0.2) is 48.7 Å². The largest absolute Gasteiger partial charge is 0.343 e. The van der Waals surface area contributed by atoms with Crippen molar-refractivity contribution in [1.82, 2.24) is 4.57 Å². The summed E-state index contributed by atoms with van der Waals surface area (Å²) in [5.74, 6) is 0. The molecule has 1 aromatic heterocycles. The Hall–Kier alpha value is -1.15. The van der Waals surface area contributed by atoms with Gasteiger partial charge in [-0.05, 0) is 41.3 Å². The number of fused-ring (bicyclic) bond motifs is 1. The second kappa shape index (κ2) is 5.09. The summed E-state index contributed by atoms with van der Waals surface area (Å²) in [5.41, 5.74) is 2.21. The highest BCUT2D eigenvalue weighted by Gasteiger charge is 2.04. The summed E-state index contributed by atoms with van der Waals surface area (Å²) in [6, 6.07) is 13.6. The Labute approximate surface area is 126 Å². The Morgan fingerprint density at radius 3 is 2.47 bits per heavy atom. The highest BCUT2D eigenvalue weighted by Crippen LogP contribution is 2.25. The molecular formula is C15H10Cl3N. The van der Waals surface area contributed by atoms with Gasteiger partial charge in [-0.3, -0.25) is 0 Å². The summed E-state index contributed by atoms with van der Waals surface area (Å²) in [4.78, 5) is 0. The average Bonchev–Trinajstić information content (AvgIpc) is 2.77. The van der Waals surface area contributed by atoms with Gasteiger partial charge in [0, 0.05) is 23.3 Å². The van der Waals surface area contributed by atoms with E-state index in [1.165, 1.54) is 5.39 Å². The van der Waals surface area contributed by atoms with Gasteiger partial charge in [-0.1, -0.05) is 46.9 Å². The Morgan fingerprint density at radius 2 is 1.68 bits per heavy atom. The van der Waals surface area contributed by atoms with Crippen molar-refractivity contribution >= 4 is 45.7 Å². The predicted molar refractivity (Wildman–Crippen MR) is 82.5 cm³/mol. The van der Waals surface area contributed by atoms with Crippen molar-refractivity contribution in [3.05, 3.63) is 69.3 Å². The summed E-state index contributed by atoms with van der Waals surface area (Å²) in [6.07, 6.45) is 2.05. The Balaban J connectivity index is 2.00. The van der Waals surface area contributed by atoms with Gasteiger partial charge >= 0.3 is 0 Å². The van der Waals surface area contributed by atoms with Crippen LogP contribution in [-0.2, 0) is 6.54 Å². The third kappa shape index (κ3) is 2.59. The summed E-state index contributed by atoms with van der Waals surface area (Å²) in [5, 5.41) is 3.06. The summed E-state index contributed by atoms with van der Waals surface area (Å²) >= 11 is 18.0. The number of hydrogen-bond acceptors (Lipinski definition) is 0. The van der Waals surface area contributed by atoms with E-state index >= 15 is 0 Å². The summed E-state index contributed by atoms with van der Waals surface area (Å²) in [6.45, 7) is 0.737. The smallest absolute Gasteiger partial charge is 0.0595 e. The van der Waals surface area contributed by atoms with Crippen molar-refractivity contribution in [3.63, 3.8) is 0 Å². The quantitative estimate of drug-likeness (QED) is 0.576. The third-order valence-corrected chi connectivity index (χ3v) is 4.05. The predicted octanol–water partition coefficient (Wildman–Crippen LogP) is 5.65. The van der Waals surface area contributed by atoms with Crippen LogP contribution in [0.4, 0.5) is 0 Å². The molecule has 2 aromatic carbocycles. The van der Waals surface area contributed by atoms with Crippen LogP contribution in [0, 0.1) is 0 Å². The molecule has 0 aliphatic rings. The molecule has 0 unspecified atom stereocenters. The zero-order valence-electron chi connectivity index (χ0n) is 9.91. The van der Waals surface area contributed by atoms with Crippen molar-refractivity contribution in [3.8, 4) is 0 Å². The number of nitrogens with zero attached hydrogens (tertiary/aromatic N) is 1. The zero-order valence-corrected chi connectivity index (χ0v) is 12.2. The van der Waals surface area contributed by atoms with Gasteiger partial charge in [0.1, 0.15) is 0 Å².